The highest BCUT2D eigenvalue weighted by molar-refractivity contribution is 6.10. The molecule has 130 valence electrons. The van der Waals surface area contributed by atoms with Crippen LogP contribution in [0.5, 0.6) is 0 Å². The molecule has 0 bridgehead atoms. The highest BCUT2D eigenvalue weighted by atomic mass is 16.5. The molecule has 2 aliphatic heterocycles. The maximum atomic E-state index is 13.2. The molecule has 3 atom stereocenters. The molecular formula is C19H25NO4. The van der Waals surface area contributed by atoms with Crippen LogP contribution in [0.2, 0.25) is 0 Å². The standard InChI is InChI=1S/C19H25NO4/c1-5-12(2)20-15-9-7-6-8-13(15)19(23,17(20)22)14-11-24-18(3,4)10-16(14)21/h6-9,12,14,23H,5,10-11H2,1-4H3/t12-,14-,19-/m1/s1. The Kier molecular flexibility index (Phi) is 4.04. The van der Waals surface area contributed by atoms with Crippen LogP contribution in [-0.2, 0) is 19.9 Å². The number of fused-ring (bicyclic) bond motifs is 1. The maximum absolute atomic E-state index is 13.2. The first-order valence-electron chi connectivity index (χ1n) is 8.54. The van der Waals surface area contributed by atoms with Gasteiger partial charge in [0.1, 0.15) is 5.78 Å². The molecule has 0 radical (unpaired) electrons. The van der Waals surface area contributed by atoms with Crippen molar-refractivity contribution in [2.45, 2.75) is 57.8 Å². The molecule has 1 aromatic carbocycles. The van der Waals surface area contributed by atoms with Gasteiger partial charge >= 0.3 is 0 Å². The first kappa shape index (κ1) is 17.1. The van der Waals surface area contributed by atoms with Crippen LogP contribution in [0.3, 0.4) is 0 Å². The smallest absolute Gasteiger partial charge is 0.264 e. The van der Waals surface area contributed by atoms with Gasteiger partial charge in [0.25, 0.3) is 5.91 Å². The summed E-state index contributed by atoms with van der Waals surface area (Å²) < 4.78 is 5.76. The highest BCUT2D eigenvalue weighted by Crippen LogP contribution is 2.48. The number of hydrogen-bond donors (Lipinski definition) is 1. The maximum Gasteiger partial charge on any atom is 0.264 e. The Morgan fingerprint density at radius 1 is 1.33 bits per heavy atom. The SMILES string of the molecule is CC[C@@H](C)N1C(=O)[C@](O)([C@@H]2COC(C)(C)CC2=O)c2ccccc21. The molecule has 0 saturated carbocycles. The molecule has 2 heterocycles. The first-order valence-corrected chi connectivity index (χ1v) is 8.54. The van der Waals surface area contributed by atoms with E-state index in [-0.39, 0.29) is 24.9 Å². The van der Waals surface area contributed by atoms with Crippen molar-refractivity contribution in [1.82, 2.24) is 0 Å². The van der Waals surface area contributed by atoms with E-state index in [9.17, 15) is 14.7 Å². The average Bonchev–Trinajstić information content (AvgIpc) is 2.75. The number of hydrogen-bond acceptors (Lipinski definition) is 4. The fraction of sp³-hybridized carbons (Fsp3) is 0.579. The number of nitrogens with zero attached hydrogens (tertiary/aromatic N) is 1. The lowest BCUT2D eigenvalue weighted by Gasteiger charge is -2.39. The van der Waals surface area contributed by atoms with Crippen molar-refractivity contribution in [3.63, 3.8) is 0 Å². The third kappa shape index (κ3) is 2.38. The number of carbonyl (C=O) groups is 2. The van der Waals surface area contributed by atoms with E-state index >= 15 is 0 Å². The van der Waals surface area contributed by atoms with Crippen LogP contribution in [0.25, 0.3) is 0 Å². The van der Waals surface area contributed by atoms with Crippen LogP contribution in [0, 0.1) is 5.92 Å². The molecule has 0 unspecified atom stereocenters. The highest BCUT2D eigenvalue weighted by Gasteiger charge is 2.59. The monoisotopic (exact) mass is 331 g/mol. The zero-order valence-electron chi connectivity index (χ0n) is 14.7. The number of aliphatic hydroxyl groups is 1. The van der Waals surface area contributed by atoms with Gasteiger partial charge in [-0.3, -0.25) is 9.59 Å². The summed E-state index contributed by atoms with van der Waals surface area (Å²) in [6.07, 6.45) is 0.955. The second kappa shape index (κ2) is 5.67. The van der Waals surface area contributed by atoms with Gasteiger partial charge in [-0.15, -0.1) is 0 Å². The van der Waals surface area contributed by atoms with Crippen molar-refractivity contribution in [1.29, 1.82) is 0 Å². The van der Waals surface area contributed by atoms with E-state index in [0.717, 1.165) is 6.42 Å². The van der Waals surface area contributed by atoms with Crippen molar-refractivity contribution in [2.24, 2.45) is 5.92 Å². The minimum Gasteiger partial charge on any atom is -0.375 e. The molecule has 3 rings (SSSR count). The van der Waals surface area contributed by atoms with E-state index in [1.165, 1.54) is 0 Å². The fourth-order valence-corrected chi connectivity index (χ4v) is 3.72. The molecule has 1 N–H and O–H groups in total. The minimum absolute atomic E-state index is 0.0521. The van der Waals surface area contributed by atoms with Gasteiger partial charge in [0.15, 0.2) is 5.60 Å². The number of ether oxygens (including phenoxy) is 1. The summed E-state index contributed by atoms with van der Waals surface area (Å²) in [6, 6.07) is 7.15. The van der Waals surface area contributed by atoms with Gasteiger partial charge in [-0.05, 0) is 33.3 Å². The van der Waals surface area contributed by atoms with Gasteiger partial charge in [-0.25, -0.2) is 0 Å². The Hall–Kier alpha value is -1.72. The Labute approximate surface area is 142 Å². The number of para-hydroxylation sites is 1. The van der Waals surface area contributed by atoms with Crippen molar-refractivity contribution >= 4 is 17.4 Å². The number of rotatable bonds is 3. The second-order valence-electron chi connectivity index (χ2n) is 7.48. The summed E-state index contributed by atoms with van der Waals surface area (Å²) in [6.45, 7) is 7.69. The van der Waals surface area contributed by atoms with Gasteiger partial charge in [-0.2, -0.15) is 0 Å². The van der Waals surface area contributed by atoms with Crippen LogP contribution >= 0.6 is 0 Å². The lowest BCUT2D eigenvalue weighted by molar-refractivity contribution is -0.172. The van der Waals surface area contributed by atoms with E-state index in [1.807, 2.05) is 39.8 Å². The summed E-state index contributed by atoms with van der Waals surface area (Å²) in [5, 5.41) is 11.4. The molecule has 24 heavy (non-hydrogen) atoms. The van der Waals surface area contributed by atoms with Crippen molar-refractivity contribution < 1.29 is 19.4 Å². The van der Waals surface area contributed by atoms with Crippen molar-refractivity contribution in [3.8, 4) is 0 Å². The zero-order chi connectivity index (χ0) is 17.7. The topological polar surface area (TPSA) is 66.8 Å². The zero-order valence-corrected chi connectivity index (χ0v) is 14.7. The second-order valence-corrected chi connectivity index (χ2v) is 7.48. The van der Waals surface area contributed by atoms with E-state index in [0.29, 0.717) is 11.3 Å². The fourth-order valence-electron chi connectivity index (χ4n) is 3.72. The molecular weight excluding hydrogens is 306 g/mol. The number of benzene rings is 1. The quantitative estimate of drug-likeness (QED) is 0.923. The predicted molar refractivity (Wildman–Crippen MR) is 90.7 cm³/mol. The van der Waals surface area contributed by atoms with Crippen molar-refractivity contribution in [2.75, 3.05) is 11.5 Å². The van der Waals surface area contributed by atoms with Crippen LogP contribution in [0.1, 0.15) is 46.1 Å². The van der Waals surface area contributed by atoms with Gasteiger partial charge in [0, 0.05) is 18.0 Å². The molecule has 1 saturated heterocycles. The summed E-state index contributed by atoms with van der Waals surface area (Å²) in [5.74, 6) is -1.41. The molecule has 5 heteroatoms. The van der Waals surface area contributed by atoms with E-state index in [1.54, 1.807) is 17.0 Å². The molecule has 0 aliphatic carbocycles. The van der Waals surface area contributed by atoms with E-state index < -0.39 is 23.0 Å². The van der Waals surface area contributed by atoms with Crippen LogP contribution in [0.15, 0.2) is 24.3 Å². The Morgan fingerprint density at radius 2 is 2.00 bits per heavy atom. The molecule has 2 aliphatic rings. The van der Waals surface area contributed by atoms with Gasteiger partial charge in [0.2, 0.25) is 0 Å². The summed E-state index contributed by atoms with van der Waals surface area (Å²) in [7, 11) is 0. The largest absolute Gasteiger partial charge is 0.375 e. The molecule has 1 amide bonds. The number of amides is 1. The number of carbonyl (C=O) groups excluding carboxylic acids is 2. The van der Waals surface area contributed by atoms with Gasteiger partial charge in [0.05, 0.1) is 23.8 Å². The predicted octanol–water partition coefficient (Wildman–Crippen LogP) is 2.40. The van der Waals surface area contributed by atoms with Gasteiger partial charge < -0.3 is 14.7 Å². The Morgan fingerprint density at radius 3 is 2.62 bits per heavy atom. The average molecular weight is 331 g/mol. The number of anilines is 1. The minimum atomic E-state index is -1.84. The van der Waals surface area contributed by atoms with Crippen LogP contribution < -0.4 is 4.90 Å². The van der Waals surface area contributed by atoms with Crippen LogP contribution in [0.4, 0.5) is 5.69 Å². The van der Waals surface area contributed by atoms with Crippen molar-refractivity contribution in [3.05, 3.63) is 29.8 Å². The first-order chi connectivity index (χ1) is 11.2. The third-order valence-corrected chi connectivity index (χ3v) is 5.28. The summed E-state index contributed by atoms with van der Waals surface area (Å²) in [5.41, 5.74) is -1.19. The van der Waals surface area contributed by atoms with Gasteiger partial charge in [-0.1, -0.05) is 25.1 Å². The lowest BCUT2D eigenvalue weighted by atomic mass is 9.76. The molecule has 1 fully saturated rings. The normalized spacial score (nSPS) is 30.4. The van der Waals surface area contributed by atoms with Crippen LogP contribution in [-0.4, -0.2) is 35.0 Å². The molecule has 5 nitrogen and oxygen atoms in total. The Balaban J connectivity index is 2.07. The van der Waals surface area contributed by atoms with E-state index in [4.69, 9.17) is 4.74 Å². The summed E-state index contributed by atoms with van der Waals surface area (Å²) >= 11 is 0. The Bertz CT molecular complexity index is 684. The summed E-state index contributed by atoms with van der Waals surface area (Å²) in [4.78, 5) is 27.5. The lowest BCUT2D eigenvalue weighted by Crippen LogP contribution is -2.55. The molecule has 1 aromatic rings. The molecule has 0 aromatic heterocycles. The number of ketones is 1. The molecule has 0 spiro atoms. The number of Topliss-reactive ketones (excluding diaryl/α,β-unsaturated/α-hetero) is 1. The van der Waals surface area contributed by atoms with E-state index in [2.05, 4.69) is 0 Å². The third-order valence-electron chi connectivity index (χ3n) is 5.28.